The number of aromatic nitrogens is 4. The maximum atomic E-state index is 6.51. The fraction of sp³-hybridized carbons (Fsp3) is 0.571. The van der Waals surface area contributed by atoms with Crippen LogP contribution in [0.1, 0.15) is 44.2 Å². The summed E-state index contributed by atoms with van der Waals surface area (Å²) in [6.45, 7) is 0.475. The molecule has 7 heteroatoms. The average Bonchev–Trinajstić information content (AvgIpc) is 3.44. The summed E-state index contributed by atoms with van der Waals surface area (Å²) in [7, 11) is 1.98. The maximum Gasteiger partial charge on any atom is 0.227 e. The molecule has 2 heterocycles. The van der Waals surface area contributed by atoms with Crippen molar-refractivity contribution in [2.75, 3.05) is 11.4 Å². The lowest BCUT2D eigenvalue weighted by Gasteiger charge is -2.35. The zero-order valence-corrected chi connectivity index (χ0v) is 17.1. The molecule has 148 valence electrons. The van der Waals surface area contributed by atoms with Crippen molar-refractivity contribution in [3.8, 4) is 23.6 Å². The van der Waals surface area contributed by atoms with Gasteiger partial charge < -0.3 is 10.6 Å². The predicted molar refractivity (Wildman–Crippen MR) is 112 cm³/mol. The van der Waals surface area contributed by atoms with Crippen molar-refractivity contribution in [3.63, 3.8) is 0 Å². The molecule has 0 radical (unpaired) electrons. The molecule has 2 aliphatic rings. The third-order valence-electron chi connectivity index (χ3n) is 5.93. The van der Waals surface area contributed by atoms with Crippen LogP contribution in [0.4, 0.5) is 5.95 Å². The zero-order valence-electron chi connectivity index (χ0n) is 16.3. The van der Waals surface area contributed by atoms with Gasteiger partial charge in [0.05, 0.1) is 29.7 Å². The third kappa shape index (κ3) is 4.01. The standard InChI is InChI=1S/C21H27ClN6/c1-3-10-28(16-8-6-15(23)7-9-16)21-24-13-18(22)20(26-21)17-12-25-27(2)19(17)11-14-4-5-14/h1,12-16H,4-11,23H2,2H3. The monoisotopic (exact) mass is 398 g/mol. The quantitative estimate of drug-likeness (QED) is 0.756. The average molecular weight is 399 g/mol. The van der Waals surface area contributed by atoms with Crippen molar-refractivity contribution in [3.05, 3.63) is 23.1 Å². The first-order chi connectivity index (χ1) is 13.6. The molecule has 2 saturated carbocycles. The molecule has 0 bridgehead atoms. The summed E-state index contributed by atoms with van der Waals surface area (Å²) in [4.78, 5) is 11.5. The van der Waals surface area contributed by atoms with Crippen LogP contribution >= 0.6 is 11.6 Å². The van der Waals surface area contributed by atoms with Crippen molar-refractivity contribution in [2.24, 2.45) is 18.7 Å². The van der Waals surface area contributed by atoms with Crippen LogP contribution in [0.2, 0.25) is 5.02 Å². The normalized spacial score (nSPS) is 22.1. The number of anilines is 1. The highest BCUT2D eigenvalue weighted by Gasteiger charge is 2.28. The van der Waals surface area contributed by atoms with Crippen LogP contribution < -0.4 is 10.6 Å². The van der Waals surface area contributed by atoms with Crippen LogP contribution in [0.15, 0.2) is 12.4 Å². The van der Waals surface area contributed by atoms with E-state index in [-0.39, 0.29) is 6.04 Å². The second kappa shape index (κ2) is 8.10. The first-order valence-corrected chi connectivity index (χ1v) is 10.4. The number of hydrogen-bond donors (Lipinski definition) is 1. The number of terminal acetylenes is 1. The Morgan fingerprint density at radius 3 is 2.68 bits per heavy atom. The number of halogens is 1. The van der Waals surface area contributed by atoms with Crippen LogP contribution in [0.5, 0.6) is 0 Å². The first-order valence-electron chi connectivity index (χ1n) is 10.1. The van der Waals surface area contributed by atoms with Crippen molar-refractivity contribution in [1.82, 2.24) is 19.7 Å². The van der Waals surface area contributed by atoms with Crippen molar-refractivity contribution >= 4 is 17.5 Å². The second-order valence-corrected chi connectivity index (χ2v) is 8.45. The molecule has 0 spiro atoms. The molecule has 0 unspecified atom stereocenters. The minimum atomic E-state index is 0.283. The molecule has 2 aromatic rings. The van der Waals surface area contributed by atoms with E-state index in [1.54, 1.807) is 6.20 Å². The van der Waals surface area contributed by atoms with Crippen LogP contribution in [0.3, 0.4) is 0 Å². The Morgan fingerprint density at radius 1 is 1.25 bits per heavy atom. The Hall–Kier alpha value is -2.10. The molecule has 0 saturated heterocycles. The van der Waals surface area contributed by atoms with E-state index in [0.717, 1.165) is 49.3 Å². The van der Waals surface area contributed by atoms with E-state index in [9.17, 15) is 0 Å². The molecule has 2 fully saturated rings. The lowest BCUT2D eigenvalue weighted by Crippen LogP contribution is -2.42. The van der Waals surface area contributed by atoms with Crippen molar-refractivity contribution in [2.45, 2.75) is 57.0 Å². The molecule has 0 atom stereocenters. The Kier molecular flexibility index (Phi) is 5.56. The van der Waals surface area contributed by atoms with Gasteiger partial charge in [-0.25, -0.2) is 9.97 Å². The first kappa shape index (κ1) is 19.2. The SMILES string of the molecule is C#CCN(c1ncc(Cl)c(-c2cnn(C)c2CC2CC2)n1)C1CCC(N)CC1. The van der Waals surface area contributed by atoms with E-state index in [1.165, 1.54) is 18.5 Å². The van der Waals surface area contributed by atoms with Gasteiger partial charge in [-0.1, -0.05) is 17.5 Å². The minimum Gasteiger partial charge on any atom is -0.328 e. The van der Waals surface area contributed by atoms with Gasteiger partial charge in [-0.05, 0) is 50.9 Å². The molecular formula is C21H27ClN6. The molecule has 0 amide bonds. The highest BCUT2D eigenvalue weighted by Crippen LogP contribution is 2.37. The molecule has 4 rings (SSSR count). The molecule has 0 aromatic carbocycles. The Bertz CT molecular complexity index is 874. The highest BCUT2D eigenvalue weighted by atomic mass is 35.5. The smallest absolute Gasteiger partial charge is 0.227 e. The summed E-state index contributed by atoms with van der Waals surface area (Å²) in [5, 5.41) is 5.00. The summed E-state index contributed by atoms with van der Waals surface area (Å²) in [6, 6.07) is 0.593. The topological polar surface area (TPSA) is 72.9 Å². The fourth-order valence-corrected chi connectivity index (χ4v) is 4.25. The summed E-state index contributed by atoms with van der Waals surface area (Å²) >= 11 is 6.51. The number of nitrogens with zero attached hydrogens (tertiary/aromatic N) is 5. The molecule has 2 aromatic heterocycles. The van der Waals surface area contributed by atoms with E-state index in [0.29, 0.717) is 23.6 Å². The van der Waals surface area contributed by atoms with Crippen LogP contribution in [-0.2, 0) is 13.5 Å². The summed E-state index contributed by atoms with van der Waals surface area (Å²) in [6.07, 6.45) is 16.8. The molecule has 28 heavy (non-hydrogen) atoms. The Balaban J connectivity index is 1.67. The second-order valence-electron chi connectivity index (χ2n) is 8.04. The number of rotatable bonds is 6. The van der Waals surface area contributed by atoms with E-state index in [4.69, 9.17) is 28.7 Å². The van der Waals surface area contributed by atoms with E-state index in [2.05, 4.69) is 20.9 Å². The van der Waals surface area contributed by atoms with Gasteiger partial charge in [-0.2, -0.15) is 5.10 Å². The van der Waals surface area contributed by atoms with Gasteiger partial charge in [0, 0.05) is 30.4 Å². The minimum absolute atomic E-state index is 0.283. The van der Waals surface area contributed by atoms with Gasteiger partial charge in [0.25, 0.3) is 0 Å². The van der Waals surface area contributed by atoms with Gasteiger partial charge >= 0.3 is 0 Å². The molecule has 0 aliphatic heterocycles. The van der Waals surface area contributed by atoms with Gasteiger partial charge in [-0.15, -0.1) is 6.42 Å². The third-order valence-corrected chi connectivity index (χ3v) is 6.20. The Labute approximate surface area is 171 Å². The van der Waals surface area contributed by atoms with E-state index >= 15 is 0 Å². The van der Waals surface area contributed by atoms with Gasteiger partial charge in [-0.3, -0.25) is 4.68 Å². The largest absolute Gasteiger partial charge is 0.328 e. The summed E-state index contributed by atoms with van der Waals surface area (Å²) in [5.74, 6) is 4.15. The molecular weight excluding hydrogens is 372 g/mol. The molecule has 2 aliphatic carbocycles. The van der Waals surface area contributed by atoms with Gasteiger partial charge in [0.15, 0.2) is 0 Å². The summed E-state index contributed by atoms with van der Waals surface area (Å²) in [5.41, 5.74) is 8.99. The van der Waals surface area contributed by atoms with Gasteiger partial charge in [0.2, 0.25) is 5.95 Å². The number of hydrogen-bond acceptors (Lipinski definition) is 5. The van der Waals surface area contributed by atoms with Crippen LogP contribution in [-0.4, -0.2) is 38.4 Å². The maximum absolute atomic E-state index is 6.51. The zero-order chi connectivity index (χ0) is 19.7. The number of aryl methyl sites for hydroxylation is 1. The lowest BCUT2D eigenvalue weighted by atomic mass is 9.91. The van der Waals surface area contributed by atoms with Gasteiger partial charge in [0.1, 0.15) is 0 Å². The number of nitrogens with two attached hydrogens (primary N) is 1. The van der Waals surface area contributed by atoms with Crippen molar-refractivity contribution < 1.29 is 0 Å². The molecule has 6 nitrogen and oxygen atoms in total. The Morgan fingerprint density at radius 2 is 2.00 bits per heavy atom. The lowest BCUT2D eigenvalue weighted by molar-refractivity contribution is 0.378. The van der Waals surface area contributed by atoms with E-state index in [1.807, 2.05) is 17.9 Å². The summed E-state index contributed by atoms with van der Waals surface area (Å²) < 4.78 is 1.94. The van der Waals surface area contributed by atoms with Crippen LogP contribution in [0.25, 0.3) is 11.3 Å². The predicted octanol–water partition coefficient (Wildman–Crippen LogP) is 3.19. The molecule has 2 N–H and O–H groups in total. The van der Waals surface area contributed by atoms with E-state index < -0.39 is 0 Å². The van der Waals surface area contributed by atoms with Crippen LogP contribution in [0, 0.1) is 18.3 Å². The highest BCUT2D eigenvalue weighted by molar-refractivity contribution is 6.32. The fourth-order valence-electron chi connectivity index (χ4n) is 4.06. The van der Waals surface area contributed by atoms with Crippen molar-refractivity contribution in [1.29, 1.82) is 0 Å².